The molecule has 0 aliphatic heterocycles. The lowest BCUT2D eigenvalue weighted by atomic mass is 10.1. The topological polar surface area (TPSA) is 75.4 Å². The molecule has 2 rings (SSSR count). The van der Waals surface area contributed by atoms with Gasteiger partial charge in [0.05, 0.1) is 11.3 Å². The number of nitrogens with zero attached hydrogens (tertiary/aromatic N) is 1. The number of benzene rings is 2. The van der Waals surface area contributed by atoms with Crippen LogP contribution in [-0.2, 0) is 17.5 Å². The van der Waals surface area contributed by atoms with Crippen molar-refractivity contribution in [3.05, 3.63) is 65.2 Å². The van der Waals surface area contributed by atoms with Crippen LogP contribution in [-0.4, -0.2) is 29.8 Å². The summed E-state index contributed by atoms with van der Waals surface area (Å²) in [6.45, 7) is 1.89. The largest absolute Gasteiger partial charge is 0.418 e. The second kappa shape index (κ2) is 10.1. The quantitative estimate of drug-likeness (QED) is 0.755. The second-order valence-electron chi connectivity index (χ2n) is 5.81. The standard InChI is InChI=1S/C19H20F3N3O2.ClH/c1-2-25(18(27)14-9-7-13(11-23)8-10-14)12-17(26)24-16-6-4-3-5-15(16)19(20,21)22;/h3-10H,2,11-12,23H2,1H3,(H,24,26);1H. The Bertz CT molecular complexity index is 811. The lowest BCUT2D eigenvalue weighted by Crippen LogP contribution is -2.38. The predicted molar refractivity (Wildman–Crippen MR) is 103 cm³/mol. The summed E-state index contributed by atoms with van der Waals surface area (Å²) in [6, 6.07) is 11.3. The number of hydrogen-bond donors (Lipinski definition) is 2. The number of likely N-dealkylation sites (N-methyl/N-ethyl adjacent to an activating group) is 1. The molecule has 0 bridgehead atoms. The van der Waals surface area contributed by atoms with E-state index in [2.05, 4.69) is 5.32 Å². The fourth-order valence-electron chi connectivity index (χ4n) is 2.50. The van der Waals surface area contributed by atoms with Gasteiger partial charge in [-0.3, -0.25) is 9.59 Å². The maximum absolute atomic E-state index is 13.0. The first-order valence-corrected chi connectivity index (χ1v) is 8.30. The van der Waals surface area contributed by atoms with Crippen molar-refractivity contribution >= 4 is 29.9 Å². The van der Waals surface area contributed by atoms with Crippen molar-refractivity contribution in [2.75, 3.05) is 18.4 Å². The molecule has 0 unspecified atom stereocenters. The molecule has 0 spiro atoms. The zero-order valence-corrected chi connectivity index (χ0v) is 15.9. The molecule has 0 saturated carbocycles. The molecule has 152 valence electrons. The van der Waals surface area contributed by atoms with Gasteiger partial charge in [-0.1, -0.05) is 24.3 Å². The molecule has 0 aliphatic rings. The molecule has 2 amide bonds. The van der Waals surface area contributed by atoms with Crippen LogP contribution in [0.25, 0.3) is 0 Å². The highest BCUT2D eigenvalue weighted by Gasteiger charge is 2.33. The smallest absolute Gasteiger partial charge is 0.330 e. The van der Waals surface area contributed by atoms with Gasteiger partial charge in [-0.2, -0.15) is 13.2 Å². The second-order valence-corrected chi connectivity index (χ2v) is 5.81. The summed E-state index contributed by atoms with van der Waals surface area (Å²) in [7, 11) is 0. The van der Waals surface area contributed by atoms with Gasteiger partial charge in [0.2, 0.25) is 5.91 Å². The lowest BCUT2D eigenvalue weighted by molar-refractivity contribution is -0.137. The van der Waals surface area contributed by atoms with E-state index < -0.39 is 17.6 Å². The third kappa shape index (κ3) is 5.97. The van der Waals surface area contributed by atoms with Crippen LogP contribution < -0.4 is 11.1 Å². The van der Waals surface area contributed by atoms with Crippen molar-refractivity contribution in [3.63, 3.8) is 0 Å². The Balaban J connectivity index is 0.00000392. The van der Waals surface area contributed by atoms with Gasteiger partial charge in [0.15, 0.2) is 0 Å². The van der Waals surface area contributed by atoms with Crippen molar-refractivity contribution < 1.29 is 22.8 Å². The zero-order valence-electron chi connectivity index (χ0n) is 15.1. The number of halogens is 4. The summed E-state index contributed by atoms with van der Waals surface area (Å²) in [5.41, 5.74) is 5.46. The highest BCUT2D eigenvalue weighted by atomic mass is 35.5. The summed E-state index contributed by atoms with van der Waals surface area (Å²) in [4.78, 5) is 26.0. The third-order valence-corrected chi connectivity index (χ3v) is 3.95. The van der Waals surface area contributed by atoms with Crippen LogP contribution >= 0.6 is 12.4 Å². The maximum Gasteiger partial charge on any atom is 0.418 e. The van der Waals surface area contributed by atoms with Gasteiger partial charge in [-0.05, 0) is 36.8 Å². The Morgan fingerprint density at radius 3 is 2.21 bits per heavy atom. The van der Waals surface area contributed by atoms with Crippen LogP contribution in [0.1, 0.15) is 28.4 Å². The molecule has 9 heteroatoms. The van der Waals surface area contributed by atoms with Gasteiger partial charge in [0.1, 0.15) is 6.54 Å². The molecule has 0 saturated heterocycles. The molecule has 0 aromatic heterocycles. The van der Waals surface area contributed by atoms with Crippen LogP contribution in [0.3, 0.4) is 0 Å². The molecule has 3 N–H and O–H groups in total. The molecular weight excluding hydrogens is 395 g/mol. The van der Waals surface area contributed by atoms with Gasteiger partial charge in [-0.15, -0.1) is 12.4 Å². The van der Waals surface area contributed by atoms with Crippen LogP contribution in [0.2, 0.25) is 0 Å². The highest BCUT2D eigenvalue weighted by Crippen LogP contribution is 2.34. The molecular formula is C19H21ClF3N3O2. The fourth-order valence-corrected chi connectivity index (χ4v) is 2.50. The fraction of sp³-hybridized carbons (Fsp3) is 0.263. The van der Waals surface area contributed by atoms with Gasteiger partial charge < -0.3 is 16.0 Å². The number of anilines is 1. The first-order chi connectivity index (χ1) is 12.8. The molecule has 0 atom stereocenters. The predicted octanol–water partition coefficient (Wildman–Crippen LogP) is 3.69. The van der Waals surface area contributed by atoms with Gasteiger partial charge >= 0.3 is 6.18 Å². The normalized spacial score (nSPS) is 10.8. The number of nitrogens with two attached hydrogens (primary N) is 1. The molecule has 2 aromatic rings. The molecule has 0 fully saturated rings. The Labute approximate surface area is 167 Å². The number of hydrogen-bond acceptors (Lipinski definition) is 3. The zero-order chi connectivity index (χ0) is 20.0. The summed E-state index contributed by atoms with van der Waals surface area (Å²) in [6.07, 6.45) is -4.59. The number of para-hydroxylation sites is 1. The Kier molecular flexibility index (Phi) is 8.46. The minimum absolute atomic E-state index is 0. The van der Waals surface area contributed by atoms with E-state index in [4.69, 9.17) is 5.73 Å². The molecule has 2 aromatic carbocycles. The van der Waals surface area contributed by atoms with Crippen molar-refractivity contribution in [3.8, 4) is 0 Å². The average Bonchev–Trinajstić information content (AvgIpc) is 2.65. The average molecular weight is 416 g/mol. The van der Waals surface area contributed by atoms with Crippen LogP contribution in [0.5, 0.6) is 0 Å². The van der Waals surface area contributed by atoms with E-state index in [-0.39, 0.29) is 37.1 Å². The number of alkyl halides is 3. The Morgan fingerprint density at radius 1 is 1.07 bits per heavy atom. The summed E-state index contributed by atoms with van der Waals surface area (Å²) < 4.78 is 39.0. The van der Waals surface area contributed by atoms with Gasteiger partial charge in [0.25, 0.3) is 5.91 Å². The number of amides is 2. The Morgan fingerprint density at radius 2 is 1.68 bits per heavy atom. The SMILES string of the molecule is CCN(CC(=O)Nc1ccccc1C(F)(F)F)C(=O)c1ccc(CN)cc1.Cl. The third-order valence-electron chi connectivity index (χ3n) is 3.95. The van der Waals surface area contributed by atoms with Crippen molar-refractivity contribution in [1.29, 1.82) is 0 Å². The number of carbonyl (C=O) groups is 2. The number of rotatable bonds is 6. The van der Waals surface area contributed by atoms with Crippen LogP contribution in [0, 0.1) is 0 Å². The number of carbonyl (C=O) groups excluding carboxylic acids is 2. The summed E-state index contributed by atoms with van der Waals surface area (Å²) >= 11 is 0. The summed E-state index contributed by atoms with van der Waals surface area (Å²) in [5, 5.41) is 2.24. The molecule has 5 nitrogen and oxygen atoms in total. The number of nitrogens with one attached hydrogen (secondary N) is 1. The van der Waals surface area contributed by atoms with E-state index >= 15 is 0 Å². The highest BCUT2D eigenvalue weighted by molar-refractivity contribution is 5.99. The van der Waals surface area contributed by atoms with E-state index in [0.29, 0.717) is 12.1 Å². The lowest BCUT2D eigenvalue weighted by Gasteiger charge is -2.21. The Hall–Kier alpha value is -2.58. The minimum atomic E-state index is -4.59. The summed E-state index contributed by atoms with van der Waals surface area (Å²) in [5.74, 6) is -1.10. The minimum Gasteiger partial charge on any atom is -0.330 e. The van der Waals surface area contributed by atoms with Crippen molar-refractivity contribution in [1.82, 2.24) is 4.90 Å². The monoisotopic (exact) mass is 415 g/mol. The van der Waals surface area contributed by atoms with Crippen LogP contribution in [0.15, 0.2) is 48.5 Å². The van der Waals surface area contributed by atoms with E-state index in [0.717, 1.165) is 11.6 Å². The molecule has 0 aliphatic carbocycles. The van der Waals surface area contributed by atoms with E-state index in [9.17, 15) is 22.8 Å². The van der Waals surface area contributed by atoms with Crippen molar-refractivity contribution in [2.45, 2.75) is 19.6 Å². The van der Waals surface area contributed by atoms with Crippen LogP contribution in [0.4, 0.5) is 18.9 Å². The van der Waals surface area contributed by atoms with E-state index in [1.807, 2.05) is 0 Å². The first-order valence-electron chi connectivity index (χ1n) is 8.30. The maximum atomic E-state index is 13.0. The van der Waals surface area contributed by atoms with Gasteiger partial charge in [-0.25, -0.2) is 0 Å². The molecule has 0 heterocycles. The molecule has 28 heavy (non-hydrogen) atoms. The van der Waals surface area contributed by atoms with E-state index in [1.165, 1.54) is 23.1 Å². The van der Waals surface area contributed by atoms with Gasteiger partial charge in [0, 0.05) is 18.7 Å². The molecule has 0 radical (unpaired) electrons. The van der Waals surface area contributed by atoms with Crippen molar-refractivity contribution in [2.24, 2.45) is 5.73 Å². The van der Waals surface area contributed by atoms with E-state index in [1.54, 1.807) is 31.2 Å². The first kappa shape index (κ1) is 23.5.